The van der Waals surface area contributed by atoms with E-state index in [4.69, 9.17) is 16.3 Å². The summed E-state index contributed by atoms with van der Waals surface area (Å²) in [6.45, 7) is 5.41. The van der Waals surface area contributed by atoms with E-state index in [2.05, 4.69) is 5.32 Å². The first kappa shape index (κ1) is 30.0. The number of carbonyl (C=O) groups excluding carboxylic acids is 2. The van der Waals surface area contributed by atoms with E-state index in [1.807, 2.05) is 13.8 Å². The van der Waals surface area contributed by atoms with Gasteiger partial charge in [-0.05, 0) is 62.2 Å². The van der Waals surface area contributed by atoms with Crippen LogP contribution in [0.2, 0.25) is 5.02 Å². The fraction of sp³-hybridized carbons (Fsp3) is 0.310. The van der Waals surface area contributed by atoms with Gasteiger partial charge in [-0.1, -0.05) is 60.5 Å². The molecule has 0 aromatic heterocycles. The number of benzene rings is 3. The summed E-state index contributed by atoms with van der Waals surface area (Å²) in [5, 5.41) is 2.96. The van der Waals surface area contributed by atoms with Crippen LogP contribution in [0.15, 0.2) is 77.7 Å². The number of nitrogens with one attached hydrogen (secondary N) is 1. The van der Waals surface area contributed by atoms with Gasteiger partial charge in [0.15, 0.2) is 0 Å². The minimum absolute atomic E-state index is 0.0262. The van der Waals surface area contributed by atoms with Crippen molar-refractivity contribution in [1.29, 1.82) is 0 Å². The van der Waals surface area contributed by atoms with Gasteiger partial charge in [0.25, 0.3) is 10.0 Å². The summed E-state index contributed by atoms with van der Waals surface area (Å²) in [6.07, 6.45) is 0.338. The maximum atomic E-state index is 14.0. The van der Waals surface area contributed by atoms with Crippen molar-refractivity contribution in [3.05, 3.63) is 88.9 Å². The number of carbonyl (C=O) groups is 2. The quantitative estimate of drug-likeness (QED) is 0.337. The number of hydrogen-bond donors (Lipinski definition) is 1. The molecule has 3 rings (SSSR count). The minimum atomic E-state index is -4.18. The Kier molecular flexibility index (Phi) is 10.4. The van der Waals surface area contributed by atoms with E-state index in [0.717, 1.165) is 15.4 Å². The molecular weight excluding hydrogens is 538 g/mol. The van der Waals surface area contributed by atoms with Crippen LogP contribution in [0.25, 0.3) is 0 Å². The van der Waals surface area contributed by atoms with Gasteiger partial charge in [0.2, 0.25) is 11.8 Å². The molecule has 0 radical (unpaired) electrons. The van der Waals surface area contributed by atoms with Gasteiger partial charge < -0.3 is 15.0 Å². The standard InChI is InChI=1S/C29H34ClN3O5S/c1-5-26(29(35)31-6-2)32(19-22-13-15-23(38-4)16-14-22)28(34)20-33(27-10-8-7-9-25(27)30)39(36,37)24-17-11-21(3)12-18-24/h7-18,26H,5-6,19-20H2,1-4H3,(H,31,35)/t26-/m0/s1. The van der Waals surface area contributed by atoms with Crippen molar-refractivity contribution in [3.63, 3.8) is 0 Å². The number of methoxy groups -OCH3 is 1. The van der Waals surface area contributed by atoms with Crippen LogP contribution < -0.4 is 14.4 Å². The third kappa shape index (κ3) is 7.30. The highest BCUT2D eigenvalue weighted by atomic mass is 35.5. The van der Waals surface area contributed by atoms with Gasteiger partial charge in [-0.15, -0.1) is 0 Å². The first-order chi connectivity index (χ1) is 18.6. The number of nitrogens with zero attached hydrogens (tertiary/aromatic N) is 2. The predicted molar refractivity (Wildman–Crippen MR) is 153 cm³/mol. The number of rotatable bonds is 12. The van der Waals surface area contributed by atoms with Gasteiger partial charge in [0, 0.05) is 13.1 Å². The van der Waals surface area contributed by atoms with Crippen LogP contribution in [0.1, 0.15) is 31.4 Å². The lowest BCUT2D eigenvalue weighted by Crippen LogP contribution is -2.52. The second-order valence-corrected chi connectivity index (χ2v) is 11.2. The highest BCUT2D eigenvalue weighted by Crippen LogP contribution is 2.31. The molecule has 0 aliphatic heterocycles. The second-order valence-electron chi connectivity index (χ2n) is 8.96. The van der Waals surface area contributed by atoms with E-state index in [-0.39, 0.29) is 28.1 Å². The van der Waals surface area contributed by atoms with Gasteiger partial charge in [-0.3, -0.25) is 13.9 Å². The molecule has 0 saturated heterocycles. The Morgan fingerprint density at radius 1 is 0.974 bits per heavy atom. The molecule has 3 aromatic rings. The Bertz CT molecular complexity index is 1380. The second kappa shape index (κ2) is 13.5. The number of amides is 2. The number of sulfonamides is 1. The van der Waals surface area contributed by atoms with Crippen LogP contribution in [-0.4, -0.2) is 51.4 Å². The van der Waals surface area contributed by atoms with Crippen molar-refractivity contribution in [3.8, 4) is 5.75 Å². The lowest BCUT2D eigenvalue weighted by Gasteiger charge is -2.33. The molecule has 208 valence electrons. The van der Waals surface area contributed by atoms with E-state index < -0.39 is 28.5 Å². The van der Waals surface area contributed by atoms with Crippen molar-refractivity contribution >= 4 is 39.1 Å². The average molecular weight is 572 g/mol. The molecule has 0 unspecified atom stereocenters. The van der Waals surface area contributed by atoms with E-state index >= 15 is 0 Å². The normalized spacial score (nSPS) is 11.9. The molecule has 39 heavy (non-hydrogen) atoms. The number of aryl methyl sites for hydroxylation is 1. The number of halogens is 1. The largest absolute Gasteiger partial charge is 0.497 e. The molecule has 0 spiro atoms. The van der Waals surface area contributed by atoms with Crippen LogP contribution in [0.5, 0.6) is 5.75 Å². The number of ether oxygens (including phenoxy) is 1. The molecule has 0 aliphatic rings. The summed E-state index contributed by atoms with van der Waals surface area (Å²) in [5.74, 6) is -0.200. The molecule has 0 bridgehead atoms. The zero-order valence-electron chi connectivity index (χ0n) is 22.6. The molecular formula is C29H34ClN3O5S. The van der Waals surface area contributed by atoms with E-state index in [1.165, 1.54) is 17.0 Å². The molecule has 1 atom stereocenters. The molecule has 0 heterocycles. The molecule has 0 aliphatic carbocycles. The molecule has 3 aromatic carbocycles. The highest BCUT2D eigenvalue weighted by molar-refractivity contribution is 7.92. The number of para-hydroxylation sites is 1. The lowest BCUT2D eigenvalue weighted by molar-refractivity contribution is -0.140. The summed E-state index contributed by atoms with van der Waals surface area (Å²) in [5.41, 5.74) is 1.83. The fourth-order valence-electron chi connectivity index (χ4n) is 4.14. The topological polar surface area (TPSA) is 96.0 Å². The number of anilines is 1. The smallest absolute Gasteiger partial charge is 0.264 e. The lowest BCUT2D eigenvalue weighted by atomic mass is 10.1. The molecule has 2 amide bonds. The van der Waals surface area contributed by atoms with Crippen molar-refractivity contribution in [2.45, 2.75) is 44.7 Å². The molecule has 0 saturated carbocycles. The van der Waals surface area contributed by atoms with Crippen LogP contribution >= 0.6 is 11.6 Å². The maximum absolute atomic E-state index is 14.0. The molecule has 0 fully saturated rings. The number of hydrogen-bond acceptors (Lipinski definition) is 5. The van der Waals surface area contributed by atoms with Crippen molar-refractivity contribution < 1.29 is 22.7 Å². The Morgan fingerprint density at radius 3 is 2.18 bits per heavy atom. The van der Waals surface area contributed by atoms with Crippen LogP contribution in [-0.2, 0) is 26.2 Å². The predicted octanol–water partition coefficient (Wildman–Crippen LogP) is 4.80. The molecule has 10 heteroatoms. The first-order valence-electron chi connectivity index (χ1n) is 12.7. The van der Waals surface area contributed by atoms with E-state index in [0.29, 0.717) is 18.7 Å². The van der Waals surface area contributed by atoms with E-state index in [1.54, 1.807) is 74.7 Å². The summed E-state index contributed by atoms with van der Waals surface area (Å²) >= 11 is 6.43. The average Bonchev–Trinajstić information content (AvgIpc) is 2.92. The minimum Gasteiger partial charge on any atom is -0.497 e. The summed E-state index contributed by atoms with van der Waals surface area (Å²) in [4.78, 5) is 28.4. The van der Waals surface area contributed by atoms with Crippen LogP contribution in [0.4, 0.5) is 5.69 Å². The highest BCUT2D eigenvalue weighted by Gasteiger charge is 2.34. The van der Waals surface area contributed by atoms with Gasteiger partial charge in [-0.2, -0.15) is 0 Å². The van der Waals surface area contributed by atoms with Gasteiger partial charge in [0.05, 0.1) is 22.7 Å². The van der Waals surface area contributed by atoms with Gasteiger partial charge in [0.1, 0.15) is 18.3 Å². The first-order valence-corrected chi connectivity index (χ1v) is 14.5. The fourth-order valence-corrected chi connectivity index (χ4v) is 5.86. The van der Waals surface area contributed by atoms with Gasteiger partial charge >= 0.3 is 0 Å². The Hall–Kier alpha value is -3.56. The van der Waals surface area contributed by atoms with Gasteiger partial charge in [-0.25, -0.2) is 8.42 Å². The van der Waals surface area contributed by atoms with Crippen LogP contribution in [0.3, 0.4) is 0 Å². The van der Waals surface area contributed by atoms with Crippen molar-refractivity contribution in [1.82, 2.24) is 10.2 Å². The summed E-state index contributed by atoms with van der Waals surface area (Å²) in [7, 11) is -2.62. The summed E-state index contributed by atoms with van der Waals surface area (Å²) in [6, 6.07) is 19.2. The Balaban J connectivity index is 2.06. The van der Waals surface area contributed by atoms with E-state index in [9.17, 15) is 18.0 Å². The SMILES string of the molecule is CCNC(=O)[C@H](CC)N(Cc1ccc(OC)cc1)C(=O)CN(c1ccccc1Cl)S(=O)(=O)c1ccc(C)cc1. The van der Waals surface area contributed by atoms with Crippen molar-refractivity contribution in [2.75, 3.05) is 24.5 Å². The Morgan fingerprint density at radius 2 is 1.62 bits per heavy atom. The number of likely N-dealkylation sites (N-methyl/N-ethyl adjacent to an activating group) is 1. The third-order valence-electron chi connectivity index (χ3n) is 6.26. The maximum Gasteiger partial charge on any atom is 0.264 e. The zero-order chi connectivity index (χ0) is 28.6. The third-order valence-corrected chi connectivity index (χ3v) is 8.35. The zero-order valence-corrected chi connectivity index (χ0v) is 24.1. The molecule has 1 N–H and O–H groups in total. The monoisotopic (exact) mass is 571 g/mol. The Labute approximate surface area is 235 Å². The molecule has 8 nitrogen and oxygen atoms in total. The van der Waals surface area contributed by atoms with Crippen LogP contribution in [0, 0.1) is 6.92 Å². The van der Waals surface area contributed by atoms with Crippen molar-refractivity contribution in [2.24, 2.45) is 0 Å². The summed E-state index contributed by atoms with van der Waals surface area (Å²) < 4.78 is 34.0.